The van der Waals surface area contributed by atoms with Gasteiger partial charge in [0.2, 0.25) is 5.91 Å². The van der Waals surface area contributed by atoms with Gasteiger partial charge in [0.05, 0.1) is 11.6 Å². The van der Waals surface area contributed by atoms with Crippen molar-refractivity contribution >= 4 is 17.7 Å². The van der Waals surface area contributed by atoms with E-state index in [2.05, 4.69) is 0 Å². The van der Waals surface area contributed by atoms with Crippen LogP contribution in [0.4, 0.5) is 0 Å². The molecule has 0 aliphatic heterocycles. The molecule has 4 atom stereocenters. The number of hydrogen-bond donors (Lipinski definition) is 3. The van der Waals surface area contributed by atoms with E-state index >= 15 is 0 Å². The maximum atomic E-state index is 11.4. The molecular weight excluding hydrogens is 236 g/mol. The molecule has 0 spiro atoms. The highest BCUT2D eigenvalue weighted by molar-refractivity contribution is 7.99. The first kappa shape index (κ1) is 14.8. The third-order valence-corrected chi connectivity index (χ3v) is 5.25. The summed E-state index contributed by atoms with van der Waals surface area (Å²) in [4.78, 5) is 11.4. The van der Waals surface area contributed by atoms with Crippen LogP contribution in [-0.4, -0.2) is 33.7 Å². The first-order valence-corrected chi connectivity index (χ1v) is 7.31. The second kappa shape index (κ2) is 6.07. The average Bonchev–Trinajstić information content (AvgIpc) is 2.61. The lowest BCUT2D eigenvalue weighted by molar-refractivity contribution is -0.124. The molecule has 1 saturated carbocycles. The Morgan fingerprint density at radius 1 is 1.59 bits per heavy atom. The summed E-state index contributed by atoms with van der Waals surface area (Å²) in [6.45, 7) is 3.80. The second-order valence-electron chi connectivity index (χ2n) is 5.10. The highest BCUT2D eigenvalue weighted by atomic mass is 32.2. The molecule has 0 bridgehead atoms. The van der Waals surface area contributed by atoms with Crippen LogP contribution >= 0.6 is 11.8 Å². The maximum Gasteiger partial charge on any atom is 0.237 e. The van der Waals surface area contributed by atoms with Crippen molar-refractivity contribution in [3.05, 3.63) is 0 Å². The van der Waals surface area contributed by atoms with E-state index in [-0.39, 0.29) is 23.2 Å². The first-order chi connectivity index (χ1) is 7.88. The number of aliphatic hydroxyl groups is 1. The van der Waals surface area contributed by atoms with Gasteiger partial charge in [-0.25, -0.2) is 0 Å². The second-order valence-corrected chi connectivity index (χ2v) is 6.58. The lowest BCUT2D eigenvalue weighted by Crippen LogP contribution is -2.54. The highest BCUT2D eigenvalue weighted by Gasteiger charge is 2.43. The monoisotopic (exact) mass is 260 g/mol. The largest absolute Gasteiger partial charge is 0.392 e. The fourth-order valence-electron chi connectivity index (χ4n) is 2.36. The average molecular weight is 260 g/mol. The van der Waals surface area contributed by atoms with E-state index in [1.807, 2.05) is 6.92 Å². The Balaban J connectivity index is 2.39. The molecule has 17 heavy (non-hydrogen) atoms. The molecule has 1 amide bonds. The molecule has 4 unspecified atom stereocenters. The first-order valence-electron chi connectivity index (χ1n) is 6.26. The van der Waals surface area contributed by atoms with Gasteiger partial charge in [-0.3, -0.25) is 4.79 Å². The van der Waals surface area contributed by atoms with Crippen molar-refractivity contribution in [2.45, 2.75) is 56.4 Å². The number of aliphatic hydroxyl groups excluding tert-OH is 1. The normalized spacial score (nSPS) is 32.4. The summed E-state index contributed by atoms with van der Waals surface area (Å²) in [6, 6.07) is 0. The molecular formula is C12H24N2O2S. The molecule has 0 saturated heterocycles. The number of carbonyl (C=O) groups excluding carboxylic acids is 1. The molecule has 4 nitrogen and oxygen atoms in total. The number of thioether (sulfide) groups is 1. The molecule has 1 aliphatic carbocycles. The zero-order chi connectivity index (χ0) is 13.1. The van der Waals surface area contributed by atoms with Crippen LogP contribution in [0.5, 0.6) is 0 Å². The molecule has 5 heteroatoms. The Hall–Kier alpha value is -0.260. The molecule has 0 aromatic heterocycles. The minimum absolute atomic E-state index is 0.202. The fourth-order valence-corrected chi connectivity index (χ4v) is 3.44. The van der Waals surface area contributed by atoms with E-state index in [4.69, 9.17) is 11.5 Å². The van der Waals surface area contributed by atoms with Crippen LogP contribution < -0.4 is 11.5 Å². The third kappa shape index (κ3) is 3.60. The molecule has 0 radical (unpaired) electrons. The minimum atomic E-state index is -0.797. The molecule has 0 heterocycles. The molecule has 1 aliphatic rings. The van der Waals surface area contributed by atoms with Gasteiger partial charge in [-0.1, -0.05) is 13.3 Å². The van der Waals surface area contributed by atoms with Crippen LogP contribution in [0.1, 0.15) is 39.5 Å². The molecule has 0 aromatic rings. The summed E-state index contributed by atoms with van der Waals surface area (Å²) in [5.74, 6) is 0.755. The van der Waals surface area contributed by atoms with Crippen molar-refractivity contribution in [1.29, 1.82) is 0 Å². The SMILES string of the molecule is CC(O)C(C)SCCC1CCCC1(N)C(N)=O. The predicted octanol–water partition coefficient (Wildman–Crippen LogP) is 0.862. The number of hydrogen-bond acceptors (Lipinski definition) is 4. The third-order valence-electron chi connectivity index (χ3n) is 3.86. The zero-order valence-corrected chi connectivity index (χ0v) is 11.5. The van der Waals surface area contributed by atoms with E-state index in [0.29, 0.717) is 6.42 Å². The summed E-state index contributed by atoms with van der Waals surface area (Å²) in [7, 11) is 0. The van der Waals surface area contributed by atoms with E-state index in [1.54, 1.807) is 18.7 Å². The van der Waals surface area contributed by atoms with Crippen LogP contribution in [0.2, 0.25) is 0 Å². The van der Waals surface area contributed by atoms with Crippen molar-refractivity contribution in [2.75, 3.05) is 5.75 Å². The number of amides is 1. The molecule has 100 valence electrons. The minimum Gasteiger partial charge on any atom is -0.392 e. The Morgan fingerprint density at radius 3 is 2.76 bits per heavy atom. The quantitative estimate of drug-likeness (QED) is 0.661. The van der Waals surface area contributed by atoms with Crippen molar-refractivity contribution in [2.24, 2.45) is 17.4 Å². The maximum absolute atomic E-state index is 11.4. The smallest absolute Gasteiger partial charge is 0.237 e. The van der Waals surface area contributed by atoms with Crippen LogP contribution in [-0.2, 0) is 4.79 Å². The highest BCUT2D eigenvalue weighted by Crippen LogP contribution is 2.36. The Kier molecular flexibility index (Phi) is 5.28. The Morgan fingerprint density at radius 2 is 2.24 bits per heavy atom. The topological polar surface area (TPSA) is 89.3 Å². The predicted molar refractivity (Wildman–Crippen MR) is 71.7 cm³/mol. The van der Waals surface area contributed by atoms with Gasteiger partial charge in [0.15, 0.2) is 0 Å². The van der Waals surface area contributed by atoms with E-state index in [9.17, 15) is 9.90 Å². The van der Waals surface area contributed by atoms with Gasteiger partial charge >= 0.3 is 0 Å². The van der Waals surface area contributed by atoms with Gasteiger partial charge < -0.3 is 16.6 Å². The molecule has 1 fully saturated rings. The Bertz CT molecular complexity index is 273. The molecule has 5 N–H and O–H groups in total. The molecule has 1 rings (SSSR count). The van der Waals surface area contributed by atoms with Gasteiger partial charge in [-0.15, -0.1) is 0 Å². The van der Waals surface area contributed by atoms with Gasteiger partial charge in [0, 0.05) is 5.25 Å². The van der Waals surface area contributed by atoms with Crippen LogP contribution in [0.25, 0.3) is 0 Å². The van der Waals surface area contributed by atoms with Crippen molar-refractivity contribution in [3.8, 4) is 0 Å². The lowest BCUT2D eigenvalue weighted by Gasteiger charge is -2.28. The summed E-state index contributed by atoms with van der Waals surface area (Å²) in [6.07, 6.45) is 3.29. The summed E-state index contributed by atoms with van der Waals surface area (Å²) in [5, 5.41) is 9.60. The van der Waals surface area contributed by atoms with Gasteiger partial charge in [0.1, 0.15) is 0 Å². The number of carbonyl (C=O) groups is 1. The van der Waals surface area contributed by atoms with Gasteiger partial charge in [-0.2, -0.15) is 11.8 Å². The van der Waals surface area contributed by atoms with Crippen molar-refractivity contribution in [3.63, 3.8) is 0 Å². The van der Waals surface area contributed by atoms with E-state index in [0.717, 1.165) is 25.0 Å². The summed E-state index contributed by atoms with van der Waals surface area (Å²) < 4.78 is 0. The van der Waals surface area contributed by atoms with Crippen LogP contribution in [0.3, 0.4) is 0 Å². The summed E-state index contributed by atoms with van der Waals surface area (Å²) in [5.41, 5.74) is 10.7. The zero-order valence-electron chi connectivity index (χ0n) is 10.7. The van der Waals surface area contributed by atoms with Crippen molar-refractivity contribution < 1.29 is 9.90 Å². The number of rotatable bonds is 6. The van der Waals surface area contributed by atoms with Gasteiger partial charge in [0.25, 0.3) is 0 Å². The molecule has 0 aromatic carbocycles. The van der Waals surface area contributed by atoms with E-state index < -0.39 is 5.54 Å². The summed E-state index contributed by atoms with van der Waals surface area (Å²) >= 11 is 1.73. The van der Waals surface area contributed by atoms with Crippen LogP contribution in [0.15, 0.2) is 0 Å². The number of nitrogens with two attached hydrogens (primary N) is 2. The fraction of sp³-hybridized carbons (Fsp3) is 0.917. The van der Waals surface area contributed by atoms with Crippen LogP contribution in [0, 0.1) is 5.92 Å². The van der Waals surface area contributed by atoms with Gasteiger partial charge in [-0.05, 0) is 37.9 Å². The Labute approximate surface area is 108 Å². The van der Waals surface area contributed by atoms with E-state index in [1.165, 1.54) is 0 Å². The van der Waals surface area contributed by atoms with Crippen molar-refractivity contribution in [1.82, 2.24) is 0 Å². The number of primary amides is 1. The standard InChI is InChI=1S/C12H24N2O2S/c1-8(15)9(2)17-7-5-10-4-3-6-12(10,14)11(13)16/h8-10,15H,3-7,14H2,1-2H3,(H2,13,16). The lowest BCUT2D eigenvalue weighted by atomic mass is 9.85.